The summed E-state index contributed by atoms with van der Waals surface area (Å²) in [7, 11) is 0. The van der Waals surface area contributed by atoms with E-state index in [-0.39, 0.29) is 18.4 Å². The van der Waals surface area contributed by atoms with Gasteiger partial charge >= 0.3 is 0 Å². The van der Waals surface area contributed by atoms with E-state index < -0.39 is 0 Å². The molecule has 3 heteroatoms. The van der Waals surface area contributed by atoms with Crippen molar-refractivity contribution in [2.24, 2.45) is 11.7 Å². The predicted octanol–water partition coefficient (Wildman–Crippen LogP) is 1.18. The van der Waals surface area contributed by atoms with Gasteiger partial charge in [-0.05, 0) is 12.3 Å². The van der Waals surface area contributed by atoms with Gasteiger partial charge in [-0.1, -0.05) is 13.8 Å². The second-order valence-corrected chi connectivity index (χ2v) is 3.11. The SMILES string of the molecule is CC(C)C1CC(N)CO1.Cl. The Morgan fingerprint density at radius 3 is 2.30 bits per heavy atom. The van der Waals surface area contributed by atoms with Gasteiger partial charge in [0.25, 0.3) is 0 Å². The fraction of sp³-hybridized carbons (Fsp3) is 1.00. The van der Waals surface area contributed by atoms with Crippen molar-refractivity contribution < 1.29 is 4.74 Å². The molecule has 0 aromatic heterocycles. The molecule has 0 bridgehead atoms. The summed E-state index contributed by atoms with van der Waals surface area (Å²) in [4.78, 5) is 0. The van der Waals surface area contributed by atoms with E-state index in [1.54, 1.807) is 0 Å². The Bertz CT molecular complexity index is 97.6. The van der Waals surface area contributed by atoms with Crippen molar-refractivity contribution in [3.63, 3.8) is 0 Å². The summed E-state index contributed by atoms with van der Waals surface area (Å²) in [6.07, 6.45) is 1.46. The minimum atomic E-state index is 0. The first-order chi connectivity index (χ1) is 4.20. The molecule has 10 heavy (non-hydrogen) atoms. The van der Waals surface area contributed by atoms with Crippen LogP contribution in [0.3, 0.4) is 0 Å². The molecule has 0 spiro atoms. The standard InChI is InChI=1S/C7H15NO.ClH/c1-5(2)7-3-6(8)4-9-7;/h5-7H,3-4,8H2,1-2H3;1H. The second kappa shape index (κ2) is 4.16. The first-order valence-electron chi connectivity index (χ1n) is 3.57. The largest absolute Gasteiger partial charge is 0.376 e. The van der Waals surface area contributed by atoms with Crippen molar-refractivity contribution in [3.8, 4) is 0 Å². The van der Waals surface area contributed by atoms with Crippen molar-refractivity contribution in [2.45, 2.75) is 32.4 Å². The van der Waals surface area contributed by atoms with Crippen LogP contribution in [0.4, 0.5) is 0 Å². The maximum absolute atomic E-state index is 5.64. The molecule has 1 aliphatic rings. The summed E-state index contributed by atoms with van der Waals surface area (Å²) in [6.45, 7) is 5.09. The van der Waals surface area contributed by atoms with Gasteiger partial charge in [0, 0.05) is 6.04 Å². The van der Waals surface area contributed by atoms with Gasteiger partial charge in [0.15, 0.2) is 0 Å². The Balaban J connectivity index is 0.000000810. The van der Waals surface area contributed by atoms with Crippen molar-refractivity contribution >= 4 is 12.4 Å². The van der Waals surface area contributed by atoms with Crippen molar-refractivity contribution in [1.82, 2.24) is 0 Å². The zero-order valence-electron chi connectivity index (χ0n) is 6.54. The molecule has 0 aromatic rings. The van der Waals surface area contributed by atoms with Gasteiger partial charge in [0.2, 0.25) is 0 Å². The number of hydrogen-bond acceptors (Lipinski definition) is 2. The third-order valence-electron chi connectivity index (χ3n) is 1.80. The topological polar surface area (TPSA) is 35.2 Å². The highest BCUT2D eigenvalue weighted by Crippen LogP contribution is 2.18. The molecule has 0 amide bonds. The van der Waals surface area contributed by atoms with Crippen LogP contribution < -0.4 is 5.73 Å². The van der Waals surface area contributed by atoms with Crippen molar-refractivity contribution in [1.29, 1.82) is 0 Å². The highest BCUT2D eigenvalue weighted by Gasteiger charge is 2.24. The van der Waals surface area contributed by atoms with Crippen LogP contribution in [0.1, 0.15) is 20.3 Å². The quantitative estimate of drug-likeness (QED) is 0.634. The summed E-state index contributed by atoms with van der Waals surface area (Å²) >= 11 is 0. The van der Waals surface area contributed by atoms with Gasteiger partial charge in [-0.2, -0.15) is 0 Å². The van der Waals surface area contributed by atoms with E-state index in [9.17, 15) is 0 Å². The van der Waals surface area contributed by atoms with Crippen molar-refractivity contribution in [2.75, 3.05) is 6.61 Å². The van der Waals surface area contributed by atoms with Crippen LogP contribution in [0.15, 0.2) is 0 Å². The molecule has 1 aliphatic heterocycles. The molecule has 0 saturated carbocycles. The smallest absolute Gasteiger partial charge is 0.0622 e. The maximum atomic E-state index is 5.64. The molecule has 1 saturated heterocycles. The van der Waals surface area contributed by atoms with E-state index in [0.29, 0.717) is 12.0 Å². The number of nitrogens with two attached hydrogens (primary N) is 1. The van der Waals surface area contributed by atoms with Crippen LogP contribution in [0, 0.1) is 5.92 Å². The molecule has 1 fully saturated rings. The molecular formula is C7H16ClNO. The predicted molar refractivity (Wildman–Crippen MR) is 44.4 cm³/mol. The molecule has 1 heterocycles. The highest BCUT2D eigenvalue weighted by atomic mass is 35.5. The van der Waals surface area contributed by atoms with E-state index in [2.05, 4.69) is 13.8 Å². The Kier molecular flexibility index (Phi) is 4.25. The average Bonchev–Trinajstić information content (AvgIpc) is 2.14. The van der Waals surface area contributed by atoms with Crippen LogP contribution in [-0.2, 0) is 4.74 Å². The molecule has 0 radical (unpaired) electrons. The third-order valence-corrected chi connectivity index (χ3v) is 1.80. The van der Waals surface area contributed by atoms with E-state index in [0.717, 1.165) is 13.0 Å². The number of halogens is 1. The van der Waals surface area contributed by atoms with Crippen LogP contribution in [-0.4, -0.2) is 18.8 Å². The Hall–Kier alpha value is 0.210. The minimum absolute atomic E-state index is 0. The zero-order valence-corrected chi connectivity index (χ0v) is 7.36. The number of rotatable bonds is 1. The third kappa shape index (κ3) is 2.45. The summed E-state index contributed by atoms with van der Waals surface area (Å²) in [5.41, 5.74) is 5.64. The zero-order chi connectivity index (χ0) is 6.85. The Morgan fingerprint density at radius 2 is 2.10 bits per heavy atom. The fourth-order valence-corrected chi connectivity index (χ4v) is 1.15. The lowest BCUT2D eigenvalue weighted by Gasteiger charge is -2.11. The molecule has 62 valence electrons. The second-order valence-electron chi connectivity index (χ2n) is 3.11. The highest BCUT2D eigenvalue weighted by molar-refractivity contribution is 5.85. The molecule has 2 unspecified atom stereocenters. The lowest BCUT2D eigenvalue weighted by atomic mass is 10.0. The molecule has 0 aliphatic carbocycles. The Morgan fingerprint density at radius 1 is 1.50 bits per heavy atom. The number of ether oxygens (including phenoxy) is 1. The average molecular weight is 166 g/mol. The molecule has 1 rings (SSSR count). The monoisotopic (exact) mass is 165 g/mol. The Labute approximate surface area is 68.5 Å². The van der Waals surface area contributed by atoms with Crippen molar-refractivity contribution in [3.05, 3.63) is 0 Å². The summed E-state index contributed by atoms with van der Waals surface area (Å²) in [5, 5.41) is 0. The number of hydrogen-bond donors (Lipinski definition) is 1. The lowest BCUT2D eigenvalue weighted by Crippen LogP contribution is -2.20. The van der Waals surface area contributed by atoms with Gasteiger partial charge in [0.05, 0.1) is 12.7 Å². The molecule has 2 nitrogen and oxygen atoms in total. The van der Waals surface area contributed by atoms with Crippen LogP contribution in [0.25, 0.3) is 0 Å². The normalized spacial score (nSPS) is 32.4. The van der Waals surface area contributed by atoms with Crippen LogP contribution in [0.2, 0.25) is 0 Å². The van der Waals surface area contributed by atoms with Gasteiger partial charge < -0.3 is 10.5 Å². The molecule has 0 aromatic carbocycles. The van der Waals surface area contributed by atoms with Gasteiger partial charge in [-0.25, -0.2) is 0 Å². The van der Waals surface area contributed by atoms with Crippen LogP contribution >= 0.6 is 12.4 Å². The lowest BCUT2D eigenvalue weighted by molar-refractivity contribution is 0.0749. The fourth-order valence-electron chi connectivity index (χ4n) is 1.15. The van der Waals surface area contributed by atoms with E-state index in [4.69, 9.17) is 10.5 Å². The van der Waals surface area contributed by atoms with Gasteiger partial charge in [0.1, 0.15) is 0 Å². The van der Waals surface area contributed by atoms with Gasteiger partial charge in [-0.15, -0.1) is 12.4 Å². The maximum Gasteiger partial charge on any atom is 0.0622 e. The molecule has 2 atom stereocenters. The molecule has 2 N–H and O–H groups in total. The van der Waals surface area contributed by atoms with Gasteiger partial charge in [-0.3, -0.25) is 0 Å². The van der Waals surface area contributed by atoms with E-state index in [1.807, 2.05) is 0 Å². The first kappa shape index (κ1) is 10.2. The first-order valence-corrected chi connectivity index (χ1v) is 3.57. The summed E-state index contributed by atoms with van der Waals surface area (Å²) in [5.74, 6) is 0.624. The summed E-state index contributed by atoms with van der Waals surface area (Å²) < 4.78 is 5.40. The minimum Gasteiger partial charge on any atom is -0.376 e. The summed E-state index contributed by atoms with van der Waals surface area (Å²) in [6, 6.07) is 0.289. The van der Waals surface area contributed by atoms with E-state index in [1.165, 1.54) is 0 Å². The van der Waals surface area contributed by atoms with Crippen LogP contribution in [0.5, 0.6) is 0 Å². The molecular weight excluding hydrogens is 150 g/mol. The van der Waals surface area contributed by atoms with E-state index >= 15 is 0 Å².